The first-order chi connectivity index (χ1) is 14.7. The lowest BCUT2D eigenvalue weighted by molar-refractivity contribution is -0.000528. The average Bonchev–Trinajstić information content (AvgIpc) is 3.45. The second kappa shape index (κ2) is 9.38. The number of halogens is 1. The van der Waals surface area contributed by atoms with Crippen LogP contribution in [0.2, 0.25) is 0 Å². The third kappa shape index (κ3) is 5.26. The molecule has 1 aliphatic heterocycles. The lowest BCUT2D eigenvalue weighted by atomic mass is 9.90. The lowest BCUT2D eigenvalue weighted by Crippen LogP contribution is -2.52. The van der Waals surface area contributed by atoms with Gasteiger partial charge in [0.05, 0.1) is 31.3 Å². The molecule has 0 unspecified atom stereocenters. The van der Waals surface area contributed by atoms with Crippen LogP contribution in [0.1, 0.15) is 40.0 Å². The summed E-state index contributed by atoms with van der Waals surface area (Å²) in [5.74, 6) is 5.95. The minimum Gasteiger partial charge on any atom is -0.485 e. The van der Waals surface area contributed by atoms with Gasteiger partial charge in [0.15, 0.2) is 5.76 Å². The molecule has 3 aliphatic rings. The number of rotatable bonds is 8. The van der Waals surface area contributed by atoms with Gasteiger partial charge in [-0.1, -0.05) is 13.2 Å². The summed E-state index contributed by atoms with van der Waals surface area (Å²) in [6.07, 6.45) is 6.80. The van der Waals surface area contributed by atoms with E-state index in [4.69, 9.17) is 20.7 Å². The van der Waals surface area contributed by atoms with E-state index in [0.29, 0.717) is 35.9 Å². The molecule has 1 saturated heterocycles. The van der Waals surface area contributed by atoms with Gasteiger partial charge in [-0.15, -0.1) is 0 Å². The van der Waals surface area contributed by atoms with Crippen molar-refractivity contribution >= 4 is 5.84 Å². The number of amidine groups is 1. The van der Waals surface area contributed by atoms with Gasteiger partial charge in [0.1, 0.15) is 17.3 Å². The van der Waals surface area contributed by atoms with Crippen LogP contribution in [0.15, 0.2) is 59.9 Å². The number of nitrogens with zero attached hydrogens (tertiary/aromatic N) is 1. The monoisotopic (exact) mass is 431 g/mol. The minimum absolute atomic E-state index is 0.0725. The highest BCUT2D eigenvalue weighted by Gasteiger charge is 2.42. The van der Waals surface area contributed by atoms with Crippen molar-refractivity contribution < 1.29 is 13.9 Å². The predicted octanol–water partition coefficient (Wildman–Crippen LogP) is 3.16. The normalized spacial score (nSPS) is 28.0. The van der Waals surface area contributed by atoms with Crippen molar-refractivity contribution in [3.05, 3.63) is 59.9 Å². The number of nitrogens with one attached hydrogen (secondary N) is 3. The first-order valence-electron chi connectivity index (χ1n) is 10.7. The van der Waals surface area contributed by atoms with E-state index in [1.807, 2.05) is 25.7 Å². The number of nitrogens with two attached hydrogens (primary N) is 1. The highest BCUT2D eigenvalue weighted by atomic mass is 19.1. The summed E-state index contributed by atoms with van der Waals surface area (Å²) in [6, 6.07) is -0.305. The highest BCUT2D eigenvalue weighted by molar-refractivity contribution is 5.92. The standard InChI is InChI=1S/C23H34FN5O2/c1-6-27-19(11-22(25)29-14(2)12-30-13-15(29)3)16(4)17-9-21(31-23(5)7-8-23)18(24)10-20(17)28-26/h6,9,11,14-15,20,25,27-28H,1,4,7-8,10,12-13,26H2,2-3,5H3/t14-,15+,20-/m1/s1. The van der Waals surface area contributed by atoms with Gasteiger partial charge in [0.2, 0.25) is 0 Å². The molecule has 8 heteroatoms. The van der Waals surface area contributed by atoms with Crippen LogP contribution in [0, 0.1) is 5.41 Å². The topological polar surface area (TPSA) is 95.6 Å². The fourth-order valence-corrected chi connectivity index (χ4v) is 3.96. The minimum atomic E-state index is -0.461. The van der Waals surface area contributed by atoms with Gasteiger partial charge in [0.25, 0.3) is 0 Å². The molecule has 0 aromatic heterocycles. The van der Waals surface area contributed by atoms with Crippen molar-refractivity contribution in [2.45, 2.75) is 63.8 Å². The summed E-state index contributed by atoms with van der Waals surface area (Å²) in [5.41, 5.74) is 4.26. The number of hydrogen-bond acceptors (Lipinski definition) is 6. The highest BCUT2D eigenvalue weighted by Crippen LogP contribution is 2.43. The van der Waals surface area contributed by atoms with E-state index in [1.165, 1.54) is 6.20 Å². The van der Waals surface area contributed by atoms with E-state index < -0.39 is 6.04 Å². The molecular weight excluding hydrogens is 397 g/mol. The van der Waals surface area contributed by atoms with E-state index in [9.17, 15) is 4.39 Å². The lowest BCUT2D eigenvalue weighted by Gasteiger charge is -2.40. The van der Waals surface area contributed by atoms with Gasteiger partial charge < -0.3 is 19.7 Å². The zero-order valence-corrected chi connectivity index (χ0v) is 18.6. The van der Waals surface area contributed by atoms with Crippen molar-refractivity contribution in [3.63, 3.8) is 0 Å². The molecule has 1 saturated carbocycles. The molecule has 7 nitrogen and oxygen atoms in total. The Kier molecular flexibility index (Phi) is 7.03. The molecule has 0 aromatic rings. The first kappa shape index (κ1) is 23.2. The van der Waals surface area contributed by atoms with Crippen LogP contribution in [0.3, 0.4) is 0 Å². The van der Waals surface area contributed by atoms with Crippen molar-refractivity contribution in [2.24, 2.45) is 5.84 Å². The van der Waals surface area contributed by atoms with E-state index in [0.717, 1.165) is 12.8 Å². The Bertz CT molecular complexity index is 833. The van der Waals surface area contributed by atoms with Gasteiger partial charge in [-0.3, -0.25) is 16.7 Å². The number of allylic oxidation sites excluding steroid dienone is 2. The zero-order valence-electron chi connectivity index (χ0n) is 18.6. The molecule has 0 spiro atoms. The summed E-state index contributed by atoms with van der Waals surface area (Å²) in [6.45, 7) is 15.1. The van der Waals surface area contributed by atoms with Crippen molar-refractivity contribution in [2.75, 3.05) is 13.2 Å². The fourth-order valence-electron chi connectivity index (χ4n) is 3.96. The van der Waals surface area contributed by atoms with Gasteiger partial charge in [0, 0.05) is 18.2 Å². The van der Waals surface area contributed by atoms with Gasteiger partial charge in [-0.25, -0.2) is 4.39 Å². The van der Waals surface area contributed by atoms with Crippen LogP contribution in [-0.2, 0) is 9.47 Å². The van der Waals surface area contributed by atoms with Crippen LogP contribution < -0.4 is 16.6 Å². The third-order valence-corrected chi connectivity index (χ3v) is 5.98. The van der Waals surface area contributed by atoms with Crippen LogP contribution in [0.4, 0.5) is 4.39 Å². The molecule has 5 N–H and O–H groups in total. The van der Waals surface area contributed by atoms with Crippen LogP contribution >= 0.6 is 0 Å². The van der Waals surface area contributed by atoms with Crippen LogP contribution in [0.5, 0.6) is 0 Å². The summed E-state index contributed by atoms with van der Waals surface area (Å²) >= 11 is 0. The fraction of sp³-hybridized carbons (Fsp3) is 0.522. The molecule has 3 atom stereocenters. The van der Waals surface area contributed by atoms with E-state index in [2.05, 4.69) is 23.9 Å². The number of hydrogen-bond donors (Lipinski definition) is 4. The third-order valence-electron chi connectivity index (χ3n) is 5.98. The summed E-state index contributed by atoms with van der Waals surface area (Å²) < 4.78 is 26.1. The van der Waals surface area contributed by atoms with Crippen LogP contribution in [-0.4, -0.2) is 47.7 Å². The van der Waals surface area contributed by atoms with Crippen molar-refractivity contribution in [1.29, 1.82) is 5.41 Å². The molecule has 170 valence electrons. The molecule has 0 amide bonds. The predicted molar refractivity (Wildman–Crippen MR) is 121 cm³/mol. The van der Waals surface area contributed by atoms with Gasteiger partial charge in [-0.05, 0) is 57.0 Å². The summed E-state index contributed by atoms with van der Waals surface area (Å²) in [5, 5.41) is 11.8. The summed E-state index contributed by atoms with van der Waals surface area (Å²) in [4.78, 5) is 2.01. The average molecular weight is 432 g/mol. The Morgan fingerprint density at radius 1 is 1.39 bits per heavy atom. The second-order valence-electron chi connectivity index (χ2n) is 8.76. The van der Waals surface area contributed by atoms with Gasteiger partial charge >= 0.3 is 0 Å². The SMILES string of the molecule is C=CNC(=CC(=N)N1[C@H](C)COC[C@@H]1C)C(=C)C1=CC(OC2(C)CC2)=C(F)C[C@H]1NN. The molecule has 31 heavy (non-hydrogen) atoms. The molecular formula is C23H34FN5O2. The molecule has 2 aliphatic carbocycles. The number of ether oxygens (including phenoxy) is 2. The van der Waals surface area contributed by atoms with E-state index in [1.54, 1.807) is 12.2 Å². The van der Waals surface area contributed by atoms with Crippen molar-refractivity contribution in [1.82, 2.24) is 15.6 Å². The Morgan fingerprint density at radius 3 is 2.58 bits per heavy atom. The molecule has 2 fully saturated rings. The molecule has 1 heterocycles. The Hall–Kier alpha value is -2.42. The van der Waals surface area contributed by atoms with Crippen molar-refractivity contribution in [3.8, 4) is 0 Å². The largest absolute Gasteiger partial charge is 0.485 e. The molecule has 0 radical (unpaired) electrons. The Morgan fingerprint density at radius 2 is 2.03 bits per heavy atom. The van der Waals surface area contributed by atoms with Gasteiger partial charge in [-0.2, -0.15) is 0 Å². The maximum absolute atomic E-state index is 14.7. The smallest absolute Gasteiger partial charge is 0.151 e. The first-order valence-corrected chi connectivity index (χ1v) is 10.7. The maximum Gasteiger partial charge on any atom is 0.151 e. The maximum atomic E-state index is 14.7. The van der Waals surface area contributed by atoms with E-state index >= 15 is 0 Å². The second-order valence-corrected chi connectivity index (χ2v) is 8.76. The molecule has 0 bridgehead atoms. The summed E-state index contributed by atoms with van der Waals surface area (Å²) in [7, 11) is 0. The number of morpholine rings is 1. The Labute approximate surface area is 184 Å². The zero-order chi connectivity index (χ0) is 22.8. The Balaban J connectivity index is 1.89. The molecule has 3 rings (SSSR count). The number of hydrazine groups is 1. The van der Waals surface area contributed by atoms with E-state index in [-0.39, 0.29) is 35.7 Å². The quantitative estimate of drug-likeness (QED) is 0.155. The van der Waals surface area contributed by atoms with Crippen LogP contribution in [0.25, 0.3) is 0 Å². The molecule has 0 aromatic carbocycles.